The Morgan fingerprint density at radius 2 is 2.00 bits per heavy atom. The zero-order chi connectivity index (χ0) is 18.7. The summed E-state index contributed by atoms with van der Waals surface area (Å²) >= 11 is 1.42. The second-order valence-corrected chi connectivity index (χ2v) is 7.09. The first-order chi connectivity index (χ1) is 12.5. The maximum absolute atomic E-state index is 13.0. The summed E-state index contributed by atoms with van der Waals surface area (Å²) in [5.74, 6) is -0.760. The number of ether oxygens (including phenoxy) is 2. The van der Waals surface area contributed by atoms with E-state index in [1.165, 1.54) is 35.6 Å². The first kappa shape index (κ1) is 18.4. The van der Waals surface area contributed by atoms with Gasteiger partial charge in [0.2, 0.25) is 0 Å². The third-order valence-electron chi connectivity index (χ3n) is 4.13. The molecule has 3 rings (SSSR count). The van der Waals surface area contributed by atoms with Crippen molar-refractivity contribution < 1.29 is 23.5 Å². The molecule has 2 aromatic rings. The van der Waals surface area contributed by atoms with Gasteiger partial charge in [-0.2, -0.15) is 0 Å². The van der Waals surface area contributed by atoms with Gasteiger partial charge in [-0.25, -0.2) is 9.18 Å². The molecule has 0 radical (unpaired) electrons. The number of fused-ring (bicyclic) bond motifs is 1. The molecule has 26 heavy (non-hydrogen) atoms. The molecule has 0 aliphatic heterocycles. The molecule has 7 heteroatoms. The van der Waals surface area contributed by atoms with Crippen LogP contribution in [-0.4, -0.2) is 24.6 Å². The second-order valence-electron chi connectivity index (χ2n) is 5.99. The monoisotopic (exact) mass is 377 g/mol. The molecule has 1 atom stereocenters. The summed E-state index contributed by atoms with van der Waals surface area (Å²) in [6.45, 7) is 3.63. The van der Waals surface area contributed by atoms with Gasteiger partial charge in [0.05, 0.1) is 12.2 Å². The number of carbonyl (C=O) groups excluding carboxylic acids is 2. The highest BCUT2D eigenvalue weighted by atomic mass is 32.1. The molecule has 0 saturated heterocycles. The summed E-state index contributed by atoms with van der Waals surface area (Å²) < 4.78 is 23.6. The summed E-state index contributed by atoms with van der Waals surface area (Å²) in [5, 5.41) is 3.30. The first-order valence-corrected chi connectivity index (χ1v) is 9.36. The van der Waals surface area contributed by atoms with Crippen molar-refractivity contribution in [3.05, 3.63) is 46.1 Å². The lowest BCUT2D eigenvalue weighted by Gasteiger charge is -2.15. The molecular formula is C19H20FNO4S. The fourth-order valence-corrected chi connectivity index (χ4v) is 4.18. The van der Waals surface area contributed by atoms with Crippen LogP contribution >= 0.6 is 11.3 Å². The molecule has 1 heterocycles. The van der Waals surface area contributed by atoms with Gasteiger partial charge in [-0.05, 0) is 62.9 Å². The maximum atomic E-state index is 13.0. The summed E-state index contributed by atoms with van der Waals surface area (Å²) in [6, 6.07) is 5.46. The molecule has 1 aliphatic rings. The number of benzene rings is 1. The Hall–Kier alpha value is -2.41. The summed E-state index contributed by atoms with van der Waals surface area (Å²) in [6.07, 6.45) is 1.93. The molecule has 1 unspecified atom stereocenters. The molecule has 0 saturated carbocycles. The van der Waals surface area contributed by atoms with E-state index >= 15 is 0 Å². The number of nitrogens with one attached hydrogen (secondary N) is 1. The molecule has 5 nitrogen and oxygen atoms in total. The van der Waals surface area contributed by atoms with E-state index in [-0.39, 0.29) is 18.3 Å². The van der Waals surface area contributed by atoms with Crippen LogP contribution in [-0.2, 0) is 22.4 Å². The summed E-state index contributed by atoms with van der Waals surface area (Å²) in [4.78, 5) is 25.9. The molecular weight excluding hydrogens is 357 g/mol. The number of hydrogen-bond acceptors (Lipinski definition) is 5. The van der Waals surface area contributed by atoms with Crippen LogP contribution in [0.2, 0.25) is 0 Å². The van der Waals surface area contributed by atoms with Gasteiger partial charge in [0.25, 0.3) is 5.91 Å². The Morgan fingerprint density at radius 1 is 1.27 bits per heavy atom. The SMILES string of the molecule is CCOC(=O)c1c(NC(=O)C(C)Oc2ccc(F)cc2)sc2c1CCC2. The number of aryl methyl sites for hydroxylation is 1. The standard InChI is InChI=1S/C19H20FNO4S/c1-3-24-19(23)16-14-5-4-6-15(14)26-18(16)21-17(22)11(2)25-13-9-7-12(20)8-10-13/h7-11H,3-6H2,1-2H3,(H,21,22). The number of hydrogen-bond donors (Lipinski definition) is 1. The number of thiophene rings is 1. The van der Waals surface area contributed by atoms with Crippen LogP contribution in [0.4, 0.5) is 9.39 Å². The highest BCUT2D eigenvalue weighted by Crippen LogP contribution is 2.39. The van der Waals surface area contributed by atoms with Gasteiger partial charge in [0, 0.05) is 4.88 Å². The van der Waals surface area contributed by atoms with E-state index in [9.17, 15) is 14.0 Å². The fourth-order valence-electron chi connectivity index (χ4n) is 2.90. The molecule has 138 valence electrons. The normalized spacial score (nSPS) is 13.8. The predicted octanol–water partition coefficient (Wildman–Crippen LogP) is 3.96. The number of carbonyl (C=O) groups is 2. The van der Waals surface area contributed by atoms with Gasteiger partial charge < -0.3 is 14.8 Å². The molecule has 1 aromatic heterocycles. The molecule has 0 bridgehead atoms. The van der Waals surface area contributed by atoms with Crippen molar-refractivity contribution in [3.8, 4) is 5.75 Å². The lowest BCUT2D eigenvalue weighted by atomic mass is 10.1. The highest BCUT2D eigenvalue weighted by Gasteiger charge is 2.29. The average Bonchev–Trinajstić information content (AvgIpc) is 3.17. The number of rotatable bonds is 6. The van der Waals surface area contributed by atoms with Crippen molar-refractivity contribution in [2.75, 3.05) is 11.9 Å². The Labute approximate surface area is 155 Å². The Kier molecular flexibility index (Phi) is 5.56. The van der Waals surface area contributed by atoms with Crippen LogP contribution in [0, 0.1) is 5.82 Å². The number of esters is 1. The van der Waals surface area contributed by atoms with Gasteiger partial charge in [0.15, 0.2) is 6.10 Å². The minimum atomic E-state index is -0.799. The Balaban J connectivity index is 1.74. The van der Waals surface area contributed by atoms with E-state index in [0.717, 1.165) is 29.7 Å². The van der Waals surface area contributed by atoms with Gasteiger partial charge in [0.1, 0.15) is 16.6 Å². The van der Waals surface area contributed by atoms with Crippen LogP contribution < -0.4 is 10.1 Å². The molecule has 0 fully saturated rings. The van der Waals surface area contributed by atoms with E-state index < -0.39 is 12.1 Å². The number of amides is 1. The van der Waals surface area contributed by atoms with E-state index in [0.29, 0.717) is 16.3 Å². The van der Waals surface area contributed by atoms with Crippen molar-refractivity contribution in [1.29, 1.82) is 0 Å². The third-order valence-corrected chi connectivity index (χ3v) is 5.34. The average molecular weight is 377 g/mol. The largest absolute Gasteiger partial charge is 0.481 e. The number of halogens is 1. The molecule has 1 aromatic carbocycles. The van der Waals surface area contributed by atoms with Crippen LogP contribution in [0.15, 0.2) is 24.3 Å². The van der Waals surface area contributed by atoms with Crippen LogP contribution in [0.5, 0.6) is 5.75 Å². The molecule has 1 aliphatic carbocycles. The van der Waals surface area contributed by atoms with Crippen molar-refractivity contribution in [2.45, 2.75) is 39.2 Å². The van der Waals surface area contributed by atoms with Gasteiger partial charge in [-0.3, -0.25) is 4.79 Å². The summed E-state index contributed by atoms with van der Waals surface area (Å²) in [5.41, 5.74) is 1.45. The Morgan fingerprint density at radius 3 is 2.69 bits per heavy atom. The maximum Gasteiger partial charge on any atom is 0.341 e. The van der Waals surface area contributed by atoms with E-state index in [1.807, 2.05) is 0 Å². The molecule has 0 spiro atoms. The highest BCUT2D eigenvalue weighted by molar-refractivity contribution is 7.17. The zero-order valence-corrected chi connectivity index (χ0v) is 15.5. The lowest BCUT2D eigenvalue weighted by Crippen LogP contribution is -2.30. The molecule has 1 amide bonds. The van der Waals surface area contributed by atoms with Crippen molar-refractivity contribution in [2.24, 2.45) is 0 Å². The fraction of sp³-hybridized carbons (Fsp3) is 0.368. The van der Waals surface area contributed by atoms with Crippen LogP contribution in [0.3, 0.4) is 0 Å². The van der Waals surface area contributed by atoms with Crippen LogP contribution in [0.1, 0.15) is 41.1 Å². The minimum Gasteiger partial charge on any atom is -0.481 e. The van der Waals surface area contributed by atoms with Crippen molar-refractivity contribution >= 4 is 28.2 Å². The zero-order valence-electron chi connectivity index (χ0n) is 14.6. The van der Waals surface area contributed by atoms with E-state index in [4.69, 9.17) is 9.47 Å². The van der Waals surface area contributed by atoms with Gasteiger partial charge in [-0.15, -0.1) is 11.3 Å². The Bertz CT molecular complexity index is 816. The van der Waals surface area contributed by atoms with Crippen LogP contribution in [0.25, 0.3) is 0 Å². The van der Waals surface area contributed by atoms with Gasteiger partial charge >= 0.3 is 5.97 Å². The first-order valence-electron chi connectivity index (χ1n) is 8.54. The van der Waals surface area contributed by atoms with E-state index in [2.05, 4.69) is 5.32 Å². The third kappa shape index (κ3) is 3.88. The quantitative estimate of drug-likeness (QED) is 0.774. The molecule has 1 N–H and O–H groups in total. The van der Waals surface area contributed by atoms with Crippen molar-refractivity contribution in [3.63, 3.8) is 0 Å². The summed E-state index contributed by atoms with van der Waals surface area (Å²) in [7, 11) is 0. The van der Waals surface area contributed by atoms with E-state index in [1.54, 1.807) is 13.8 Å². The predicted molar refractivity (Wildman–Crippen MR) is 97.4 cm³/mol. The van der Waals surface area contributed by atoms with Gasteiger partial charge in [-0.1, -0.05) is 0 Å². The second kappa shape index (κ2) is 7.86. The topological polar surface area (TPSA) is 64.6 Å². The number of anilines is 1. The minimum absolute atomic E-state index is 0.279. The lowest BCUT2D eigenvalue weighted by molar-refractivity contribution is -0.122. The van der Waals surface area contributed by atoms with Crippen molar-refractivity contribution in [1.82, 2.24) is 0 Å². The smallest absolute Gasteiger partial charge is 0.341 e.